The van der Waals surface area contributed by atoms with Gasteiger partial charge in [-0.1, -0.05) is 72.4 Å². The van der Waals surface area contributed by atoms with Crippen molar-refractivity contribution in [3.8, 4) is 16.9 Å². The van der Waals surface area contributed by atoms with Crippen LogP contribution < -0.4 is 5.56 Å². The minimum absolute atomic E-state index is 0.0192. The first-order valence-corrected chi connectivity index (χ1v) is 12.2. The fourth-order valence-corrected chi connectivity index (χ4v) is 4.88. The van der Waals surface area contributed by atoms with Gasteiger partial charge in [-0.2, -0.15) is 5.10 Å². The standard InChI is InChI=1S/C27H24N4O2S/c32-17-9-16-30-26(33)23-14-7-8-15-24(23)28-27(30)34-19-21-18-31(22-12-5-2-6-13-22)29-25(21)20-10-3-1-4-11-20/h1-8,10-15,18,32H,9,16-17,19H2. The lowest BCUT2D eigenvalue weighted by Crippen LogP contribution is -2.24. The number of aromatic nitrogens is 4. The van der Waals surface area contributed by atoms with E-state index < -0.39 is 0 Å². The number of hydrogen-bond donors (Lipinski definition) is 1. The Bertz CT molecular complexity index is 1460. The summed E-state index contributed by atoms with van der Waals surface area (Å²) in [4.78, 5) is 17.9. The van der Waals surface area contributed by atoms with Crippen molar-refractivity contribution in [2.24, 2.45) is 0 Å². The van der Waals surface area contributed by atoms with Crippen LogP contribution in [-0.4, -0.2) is 31.0 Å². The molecule has 0 aliphatic heterocycles. The first kappa shape index (κ1) is 22.1. The maximum absolute atomic E-state index is 13.2. The van der Waals surface area contributed by atoms with Gasteiger partial charge in [0.05, 0.1) is 22.3 Å². The molecule has 5 aromatic rings. The van der Waals surface area contributed by atoms with Crippen LogP contribution in [0.1, 0.15) is 12.0 Å². The molecule has 0 aliphatic carbocycles. The summed E-state index contributed by atoms with van der Waals surface area (Å²) in [6, 6.07) is 27.5. The van der Waals surface area contributed by atoms with Crippen molar-refractivity contribution in [3.63, 3.8) is 0 Å². The highest BCUT2D eigenvalue weighted by Crippen LogP contribution is 2.29. The summed E-state index contributed by atoms with van der Waals surface area (Å²) in [5, 5.41) is 15.5. The highest BCUT2D eigenvalue weighted by Gasteiger charge is 2.16. The van der Waals surface area contributed by atoms with Crippen LogP contribution in [0.5, 0.6) is 0 Å². The van der Waals surface area contributed by atoms with E-state index >= 15 is 0 Å². The van der Waals surface area contributed by atoms with Crippen molar-refractivity contribution in [1.29, 1.82) is 0 Å². The Morgan fingerprint density at radius 2 is 1.59 bits per heavy atom. The van der Waals surface area contributed by atoms with Crippen molar-refractivity contribution in [2.45, 2.75) is 23.9 Å². The van der Waals surface area contributed by atoms with Crippen molar-refractivity contribution in [2.75, 3.05) is 6.61 Å². The van der Waals surface area contributed by atoms with Gasteiger partial charge in [-0.25, -0.2) is 9.67 Å². The third-order valence-electron chi connectivity index (χ3n) is 5.58. The molecule has 170 valence electrons. The highest BCUT2D eigenvalue weighted by molar-refractivity contribution is 7.98. The van der Waals surface area contributed by atoms with Crippen LogP contribution >= 0.6 is 11.8 Å². The first-order valence-electron chi connectivity index (χ1n) is 11.2. The zero-order valence-electron chi connectivity index (χ0n) is 18.5. The highest BCUT2D eigenvalue weighted by atomic mass is 32.2. The van der Waals surface area contributed by atoms with Gasteiger partial charge in [0.2, 0.25) is 0 Å². The number of nitrogens with zero attached hydrogens (tertiary/aromatic N) is 4. The van der Waals surface area contributed by atoms with Crippen LogP contribution in [0.4, 0.5) is 0 Å². The van der Waals surface area contributed by atoms with Gasteiger partial charge in [0.15, 0.2) is 5.16 Å². The average Bonchev–Trinajstić information content (AvgIpc) is 3.32. The minimum atomic E-state index is -0.0789. The van der Waals surface area contributed by atoms with E-state index in [0.717, 1.165) is 22.5 Å². The van der Waals surface area contributed by atoms with Crippen LogP contribution in [0.3, 0.4) is 0 Å². The van der Waals surface area contributed by atoms with E-state index in [2.05, 4.69) is 12.1 Å². The van der Waals surface area contributed by atoms with Crippen LogP contribution in [0, 0.1) is 0 Å². The van der Waals surface area contributed by atoms with Crippen LogP contribution in [0.15, 0.2) is 101 Å². The molecule has 34 heavy (non-hydrogen) atoms. The molecular weight excluding hydrogens is 444 g/mol. The molecule has 0 spiro atoms. The molecule has 0 saturated heterocycles. The molecule has 1 N–H and O–H groups in total. The molecule has 7 heteroatoms. The van der Waals surface area contributed by atoms with E-state index in [9.17, 15) is 9.90 Å². The lowest BCUT2D eigenvalue weighted by Gasteiger charge is -2.12. The number of benzene rings is 3. The number of aliphatic hydroxyl groups is 1. The first-order chi connectivity index (χ1) is 16.7. The molecule has 0 fully saturated rings. The number of hydrogen-bond acceptors (Lipinski definition) is 5. The largest absolute Gasteiger partial charge is 0.396 e. The molecule has 0 amide bonds. The molecule has 0 saturated carbocycles. The minimum Gasteiger partial charge on any atom is -0.396 e. The third kappa shape index (κ3) is 4.53. The normalized spacial score (nSPS) is 11.2. The van der Waals surface area contributed by atoms with Crippen LogP contribution in [0.25, 0.3) is 27.8 Å². The molecule has 0 bridgehead atoms. The summed E-state index contributed by atoms with van der Waals surface area (Å²) in [5.41, 5.74) is 4.58. The number of rotatable bonds is 8. The summed E-state index contributed by atoms with van der Waals surface area (Å²) in [6.07, 6.45) is 2.54. The summed E-state index contributed by atoms with van der Waals surface area (Å²) in [6.45, 7) is 0.440. The zero-order chi connectivity index (χ0) is 23.3. The Kier molecular flexibility index (Phi) is 6.56. The van der Waals surface area contributed by atoms with E-state index in [1.165, 1.54) is 11.8 Å². The zero-order valence-corrected chi connectivity index (χ0v) is 19.4. The Morgan fingerprint density at radius 3 is 2.35 bits per heavy atom. The Labute approximate surface area is 201 Å². The van der Waals surface area contributed by atoms with Gasteiger partial charge in [-0.3, -0.25) is 9.36 Å². The van der Waals surface area contributed by atoms with E-state index in [-0.39, 0.29) is 12.2 Å². The smallest absolute Gasteiger partial charge is 0.262 e. The van der Waals surface area contributed by atoms with E-state index in [0.29, 0.717) is 34.8 Å². The molecule has 2 heterocycles. The van der Waals surface area contributed by atoms with E-state index in [1.807, 2.05) is 77.6 Å². The van der Waals surface area contributed by atoms with Gasteiger partial charge in [0.1, 0.15) is 0 Å². The monoisotopic (exact) mass is 468 g/mol. The van der Waals surface area contributed by atoms with Gasteiger partial charge in [-0.15, -0.1) is 0 Å². The van der Waals surface area contributed by atoms with Crippen molar-refractivity contribution in [3.05, 3.63) is 107 Å². The molecule has 6 nitrogen and oxygen atoms in total. The third-order valence-corrected chi connectivity index (χ3v) is 6.61. The topological polar surface area (TPSA) is 72.9 Å². The van der Waals surface area contributed by atoms with Gasteiger partial charge < -0.3 is 5.11 Å². The molecule has 2 aromatic heterocycles. The number of para-hydroxylation sites is 2. The molecule has 5 rings (SSSR count). The summed E-state index contributed by atoms with van der Waals surface area (Å²) >= 11 is 1.51. The number of thioether (sulfide) groups is 1. The van der Waals surface area contributed by atoms with Crippen molar-refractivity contribution < 1.29 is 5.11 Å². The second kappa shape index (κ2) is 10.1. The van der Waals surface area contributed by atoms with E-state index in [1.54, 1.807) is 10.6 Å². The fraction of sp³-hybridized carbons (Fsp3) is 0.148. The summed E-state index contributed by atoms with van der Waals surface area (Å²) in [7, 11) is 0. The predicted octanol–water partition coefficient (Wildman–Crippen LogP) is 4.92. The maximum atomic E-state index is 13.2. The van der Waals surface area contributed by atoms with Crippen LogP contribution in [0.2, 0.25) is 0 Å². The van der Waals surface area contributed by atoms with E-state index in [4.69, 9.17) is 10.1 Å². The van der Waals surface area contributed by atoms with Crippen LogP contribution in [-0.2, 0) is 12.3 Å². The average molecular weight is 469 g/mol. The van der Waals surface area contributed by atoms with Gasteiger partial charge in [-0.05, 0) is 30.7 Å². The second-order valence-electron chi connectivity index (χ2n) is 7.88. The SMILES string of the molecule is O=c1c2ccccc2nc(SCc2cn(-c3ccccc3)nc2-c2ccccc2)n1CCCO. The molecule has 0 aliphatic rings. The lowest BCUT2D eigenvalue weighted by atomic mass is 10.1. The van der Waals surface area contributed by atoms with Gasteiger partial charge >= 0.3 is 0 Å². The predicted molar refractivity (Wildman–Crippen MR) is 136 cm³/mol. The summed E-state index contributed by atoms with van der Waals surface area (Å²) in [5.74, 6) is 0.598. The number of fused-ring (bicyclic) bond motifs is 1. The Morgan fingerprint density at radius 1 is 0.882 bits per heavy atom. The maximum Gasteiger partial charge on any atom is 0.262 e. The lowest BCUT2D eigenvalue weighted by molar-refractivity contribution is 0.276. The molecule has 0 radical (unpaired) electrons. The van der Waals surface area contributed by atoms with Gasteiger partial charge in [0.25, 0.3) is 5.56 Å². The molecular formula is C27H24N4O2S. The van der Waals surface area contributed by atoms with Crippen molar-refractivity contribution >= 4 is 22.7 Å². The fourth-order valence-electron chi connectivity index (χ4n) is 3.89. The Balaban J connectivity index is 1.54. The second-order valence-corrected chi connectivity index (χ2v) is 8.83. The molecule has 0 unspecified atom stereocenters. The Hall–Kier alpha value is -3.68. The number of aliphatic hydroxyl groups excluding tert-OH is 1. The quantitative estimate of drug-likeness (QED) is 0.258. The van der Waals surface area contributed by atoms with Crippen molar-refractivity contribution in [1.82, 2.24) is 19.3 Å². The molecule has 3 aromatic carbocycles. The molecule has 0 atom stereocenters. The van der Waals surface area contributed by atoms with Gasteiger partial charge in [0, 0.05) is 36.2 Å². The summed E-state index contributed by atoms with van der Waals surface area (Å²) < 4.78 is 3.57.